The highest BCUT2D eigenvalue weighted by Gasteiger charge is 2.33. The van der Waals surface area contributed by atoms with Crippen molar-refractivity contribution in [2.75, 3.05) is 13.7 Å². The van der Waals surface area contributed by atoms with Crippen LogP contribution in [-0.4, -0.2) is 49.9 Å². The summed E-state index contributed by atoms with van der Waals surface area (Å²) in [5, 5.41) is 12.6. The van der Waals surface area contributed by atoms with Gasteiger partial charge in [-0.05, 0) is 60.7 Å². The van der Waals surface area contributed by atoms with E-state index in [0.717, 1.165) is 56.0 Å². The number of carbonyl (C=O) groups excluding carboxylic acids is 1. The molecular formula is C20H27N5O2S. The summed E-state index contributed by atoms with van der Waals surface area (Å²) in [5.74, 6) is 1.00. The Hall–Kier alpha value is -2.09. The second-order valence-corrected chi connectivity index (χ2v) is 8.88. The lowest BCUT2D eigenvalue weighted by atomic mass is 10.0. The standard InChI is InChI=1S/C20H27N5O2S/c1-14(28-20-21-22-23-25(20)16-9-10-16)19(26)24-13-5-3-4-6-18(24)15-7-11-17(27-2)12-8-15/h7-8,11-12,14,16,18H,3-6,9-10,13H2,1-2H3. The summed E-state index contributed by atoms with van der Waals surface area (Å²) in [6, 6.07) is 8.64. The summed E-state index contributed by atoms with van der Waals surface area (Å²) in [4.78, 5) is 15.5. The number of likely N-dealkylation sites (tertiary alicyclic amines) is 1. The molecule has 2 heterocycles. The van der Waals surface area contributed by atoms with E-state index >= 15 is 0 Å². The Morgan fingerprint density at radius 1 is 1.18 bits per heavy atom. The minimum atomic E-state index is -0.220. The number of nitrogens with zero attached hydrogens (tertiary/aromatic N) is 5. The van der Waals surface area contributed by atoms with E-state index in [2.05, 4.69) is 32.6 Å². The summed E-state index contributed by atoms with van der Waals surface area (Å²) < 4.78 is 7.16. The SMILES string of the molecule is COc1ccc(C2CCCCCN2C(=O)C(C)Sc2nnnn2C2CC2)cc1. The molecule has 8 heteroatoms. The molecular weight excluding hydrogens is 374 g/mol. The van der Waals surface area contributed by atoms with Crippen LogP contribution in [0.15, 0.2) is 29.4 Å². The topological polar surface area (TPSA) is 73.1 Å². The largest absolute Gasteiger partial charge is 0.497 e. The number of rotatable bonds is 6. The van der Waals surface area contributed by atoms with Crippen molar-refractivity contribution in [2.24, 2.45) is 0 Å². The van der Waals surface area contributed by atoms with Crippen LogP contribution in [0.1, 0.15) is 63.1 Å². The second-order valence-electron chi connectivity index (χ2n) is 7.57. The zero-order valence-corrected chi connectivity index (χ0v) is 17.3. The van der Waals surface area contributed by atoms with E-state index in [1.807, 2.05) is 23.7 Å². The molecule has 7 nitrogen and oxygen atoms in total. The number of ether oxygens (including phenoxy) is 1. The van der Waals surface area contributed by atoms with Gasteiger partial charge < -0.3 is 9.64 Å². The Kier molecular flexibility index (Phi) is 5.85. The average molecular weight is 402 g/mol. The van der Waals surface area contributed by atoms with E-state index in [1.165, 1.54) is 17.3 Å². The van der Waals surface area contributed by atoms with E-state index in [-0.39, 0.29) is 17.2 Å². The Labute approximate surface area is 169 Å². The van der Waals surface area contributed by atoms with Crippen molar-refractivity contribution in [2.45, 2.75) is 67.9 Å². The maximum atomic E-state index is 13.4. The minimum Gasteiger partial charge on any atom is -0.497 e. The van der Waals surface area contributed by atoms with E-state index < -0.39 is 0 Å². The highest BCUT2D eigenvalue weighted by molar-refractivity contribution is 8.00. The van der Waals surface area contributed by atoms with Crippen molar-refractivity contribution in [3.63, 3.8) is 0 Å². The maximum absolute atomic E-state index is 13.4. The number of benzene rings is 1. The maximum Gasteiger partial charge on any atom is 0.236 e. The molecule has 2 unspecified atom stereocenters. The van der Waals surface area contributed by atoms with Crippen LogP contribution in [0.4, 0.5) is 0 Å². The third kappa shape index (κ3) is 4.16. The van der Waals surface area contributed by atoms with Gasteiger partial charge in [0.1, 0.15) is 5.75 Å². The zero-order valence-electron chi connectivity index (χ0n) is 16.5. The highest BCUT2D eigenvalue weighted by Crippen LogP contribution is 2.38. The van der Waals surface area contributed by atoms with Crippen LogP contribution in [0.5, 0.6) is 5.75 Å². The quantitative estimate of drug-likeness (QED) is 0.688. The summed E-state index contributed by atoms with van der Waals surface area (Å²) in [6.45, 7) is 2.77. The Morgan fingerprint density at radius 2 is 1.96 bits per heavy atom. The van der Waals surface area contributed by atoms with Gasteiger partial charge in [0, 0.05) is 6.54 Å². The fraction of sp³-hybridized carbons (Fsp3) is 0.600. The fourth-order valence-electron chi connectivity index (χ4n) is 3.80. The normalized spacial score (nSPS) is 21.2. The van der Waals surface area contributed by atoms with Gasteiger partial charge in [-0.25, -0.2) is 4.68 Å². The molecule has 0 N–H and O–H groups in total. The number of methoxy groups -OCH3 is 1. The van der Waals surface area contributed by atoms with Gasteiger partial charge in [0.15, 0.2) is 0 Å². The van der Waals surface area contributed by atoms with Crippen LogP contribution in [-0.2, 0) is 4.79 Å². The number of hydrogen-bond donors (Lipinski definition) is 0. The van der Waals surface area contributed by atoms with E-state index in [0.29, 0.717) is 6.04 Å². The molecule has 2 aliphatic rings. The first-order chi connectivity index (χ1) is 13.7. The van der Waals surface area contributed by atoms with Crippen LogP contribution >= 0.6 is 11.8 Å². The Bertz CT molecular complexity index is 805. The molecule has 2 fully saturated rings. The molecule has 4 rings (SSSR count). The highest BCUT2D eigenvalue weighted by atomic mass is 32.2. The number of hydrogen-bond acceptors (Lipinski definition) is 6. The van der Waals surface area contributed by atoms with E-state index in [1.54, 1.807) is 7.11 Å². The molecule has 1 aromatic carbocycles. The molecule has 150 valence electrons. The predicted octanol–water partition coefficient (Wildman–Crippen LogP) is 3.64. The van der Waals surface area contributed by atoms with Crippen molar-refractivity contribution in [1.29, 1.82) is 0 Å². The third-order valence-corrected chi connectivity index (χ3v) is 6.56. The lowest BCUT2D eigenvalue weighted by molar-refractivity contribution is -0.132. The summed E-state index contributed by atoms with van der Waals surface area (Å²) in [6.07, 6.45) is 6.59. The molecule has 1 amide bonds. The van der Waals surface area contributed by atoms with Gasteiger partial charge in [-0.3, -0.25) is 4.79 Å². The molecule has 2 aromatic rings. The second kappa shape index (κ2) is 8.51. The molecule has 1 aliphatic heterocycles. The lowest BCUT2D eigenvalue weighted by Gasteiger charge is -2.32. The third-order valence-electron chi connectivity index (χ3n) is 5.52. The Morgan fingerprint density at radius 3 is 2.68 bits per heavy atom. The van der Waals surface area contributed by atoms with Crippen LogP contribution in [0.2, 0.25) is 0 Å². The van der Waals surface area contributed by atoms with Crippen LogP contribution in [0, 0.1) is 0 Å². The smallest absolute Gasteiger partial charge is 0.236 e. The fourth-order valence-corrected chi connectivity index (χ4v) is 4.73. The molecule has 2 atom stereocenters. The van der Waals surface area contributed by atoms with E-state index in [9.17, 15) is 4.79 Å². The lowest BCUT2D eigenvalue weighted by Crippen LogP contribution is -2.39. The van der Waals surface area contributed by atoms with Gasteiger partial charge in [-0.15, -0.1) is 5.10 Å². The van der Waals surface area contributed by atoms with Crippen molar-refractivity contribution >= 4 is 17.7 Å². The molecule has 28 heavy (non-hydrogen) atoms. The van der Waals surface area contributed by atoms with Gasteiger partial charge in [0.05, 0.1) is 24.4 Å². The van der Waals surface area contributed by atoms with Gasteiger partial charge in [-0.2, -0.15) is 0 Å². The minimum absolute atomic E-state index is 0.114. The molecule has 1 aromatic heterocycles. The van der Waals surface area contributed by atoms with Gasteiger partial charge in [0.25, 0.3) is 0 Å². The number of aromatic nitrogens is 4. The molecule has 0 radical (unpaired) electrons. The molecule has 1 saturated carbocycles. The summed E-state index contributed by atoms with van der Waals surface area (Å²) in [5.41, 5.74) is 1.18. The number of thioether (sulfide) groups is 1. The first-order valence-corrected chi connectivity index (χ1v) is 10.9. The zero-order chi connectivity index (χ0) is 19.5. The van der Waals surface area contributed by atoms with Crippen LogP contribution in [0.3, 0.4) is 0 Å². The number of tetrazole rings is 1. The van der Waals surface area contributed by atoms with Crippen molar-refractivity contribution in [1.82, 2.24) is 25.1 Å². The Balaban J connectivity index is 1.51. The monoisotopic (exact) mass is 401 g/mol. The molecule has 0 bridgehead atoms. The summed E-state index contributed by atoms with van der Waals surface area (Å²) >= 11 is 1.47. The van der Waals surface area contributed by atoms with Crippen LogP contribution < -0.4 is 4.74 Å². The predicted molar refractivity (Wildman–Crippen MR) is 107 cm³/mol. The van der Waals surface area contributed by atoms with Gasteiger partial charge in [0.2, 0.25) is 11.1 Å². The molecule has 1 aliphatic carbocycles. The van der Waals surface area contributed by atoms with Gasteiger partial charge >= 0.3 is 0 Å². The average Bonchev–Trinajstić information content (AvgIpc) is 3.51. The molecule has 1 saturated heterocycles. The first-order valence-electron chi connectivity index (χ1n) is 10.1. The van der Waals surface area contributed by atoms with Crippen molar-refractivity contribution in [3.05, 3.63) is 29.8 Å². The van der Waals surface area contributed by atoms with Gasteiger partial charge in [-0.1, -0.05) is 36.7 Å². The first kappa shape index (κ1) is 19.2. The van der Waals surface area contributed by atoms with Crippen molar-refractivity contribution < 1.29 is 9.53 Å². The number of carbonyl (C=O) groups is 1. The van der Waals surface area contributed by atoms with Crippen molar-refractivity contribution in [3.8, 4) is 5.75 Å². The number of amides is 1. The van der Waals surface area contributed by atoms with Crippen LogP contribution in [0.25, 0.3) is 0 Å². The van der Waals surface area contributed by atoms with E-state index in [4.69, 9.17) is 4.74 Å². The summed E-state index contributed by atoms with van der Waals surface area (Å²) in [7, 11) is 1.67. The molecule has 0 spiro atoms.